The molecule has 0 radical (unpaired) electrons. The van der Waals surface area contributed by atoms with Gasteiger partial charge in [0.25, 0.3) is 0 Å². The summed E-state index contributed by atoms with van der Waals surface area (Å²) in [5, 5.41) is 21.2. The van der Waals surface area contributed by atoms with Crippen molar-refractivity contribution in [1.29, 1.82) is 0 Å². The minimum atomic E-state index is -4.74. The number of fused-ring (bicyclic) bond motifs is 3. The lowest BCUT2D eigenvalue weighted by Gasteiger charge is -2.08. The molecule has 0 unspecified atom stereocenters. The third kappa shape index (κ3) is 16.2. The molecule has 0 amide bonds. The summed E-state index contributed by atoms with van der Waals surface area (Å²) in [7, 11) is -7.78. The van der Waals surface area contributed by atoms with Gasteiger partial charge in [-0.3, -0.25) is 0 Å². The van der Waals surface area contributed by atoms with E-state index in [1.807, 2.05) is 0 Å². The van der Waals surface area contributed by atoms with E-state index in [4.69, 9.17) is 21.9 Å². The second-order valence-electron chi connectivity index (χ2n) is 20.1. The van der Waals surface area contributed by atoms with Crippen LogP contribution in [0.2, 0.25) is 5.02 Å². The van der Waals surface area contributed by atoms with E-state index in [-0.39, 0.29) is 21.3 Å². The van der Waals surface area contributed by atoms with E-state index >= 15 is 0 Å². The zero-order valence-electron chi connectivity index (χ0n) is 47.0. The van der Waals surface area contributed by atoms with E-state index in [1.54, 1.807) is 146 Å². The number of aromatic amines is 3. The van der Waals surface area contributed by atoms with Crippen LogP contribution in [0.1, 0.15) is 45.3 Å². The summed E-state index contributed by atoms with van der Waals surface area (Å²) >= 11 is 6.37. The lowest BCUT2D eigenvalue weighted by molar-refractivity contribution is -0.274. The molecule has 3 heterocycles. The first-order valence-electron chi connectivity index (χ1n) is 27.0. The number of sulfonamides is 2. The molecule has 0 saturated carbocycles. The van der Waals surface area contributed by atoms with Crippen LogP contribution in [-0.2, 0) is 32.4 Å². The van der Waals surface area contributed by atoms with Crippen molar-refractivity contribution in [1.82, 2.24) is 29.9 Å². The summed E-state index contributed by atoms with van der Waals surface area (Å²) in [5.41, 5.74) is 8.02. The Morgan fingerprint density at radius 3 is 1.18 bits per heavy atom. The van der Waals surface area contributed by atoms with Gasteiger partial charge in [0.2, 0.25) is 20.0 Å². The van der Waals surface area contributed by atoms with Crippen molar-refractivity contribution in [2.24, 2.45) is 10.3 Å². The zero-order chi connectivity index (χ0) is 65.8. The van der Waals surface area contributed by atoms with Gasteiger partial charge in [0.05, 0.1) is 59.0 Å². The van der Waals surface area contributed by atoms with Gasteiger partial charge >= 0.3 is 18.7 Å². The number of phenols is 1. The normalized spacial score (nSPS) is 12.4. The van der Waals surface area contributed by atoms with Crippen molar-refractivity contribution in [3.63, 3.8) is 0 Å². The molecule has 0 aliphatic carbocycles. The molecule has 26 heteroatoms. The molecule has 0 spiro atoms. The second-order valence-corrected chi connectivity index (χ2v) is 23.6. The number of para-hydroxylation sites is 1. The van der Waals surface area contributed by atoms with Gasteiger partial charge in [-0.25, -0.2) is 42.1 Å². The van der Waals surface area contributed by atoms with Crippen molar-refractivity contribution >= 4 is 101 Å². The molecule has 9 aromatic carbocycles. The first-order chi connectivity index (χ1) is 43.5. The SMILES string of the molecule is NS(=O)(=O)c1ccccc1-c1ccc2nc(/C=C/c3ccc(C(F)(F)F)cc3)[nH]c2c1.NS(=O)(=O)c1ccccc1-c1ccc2nc(/C=C/c3ccc(OC(F)(F)F)cc3)[nH]c2c1.Oc1ccccc1-c1cc2nc(/C=C/c3ccc(C(F)(F)F)cc3)[nH]c2cc1Cl. The smallest absolute Gasteiger partial charge is 0.507 e. The lowest BCUT2D eigenvalue weighted by atomic mass is 10.0. The summed E-state index contributed by atoms with van der Waals surface area (Å²) in [6.45, 7) is 0. The van der Waals surface area contributed by atoms with Gasteiger partial charge in [-0.05, 0) is 137 Å². The Balaban J connectivity index is 0.000000151. The summed E-state index contributed by atoms with van der Waals surface area (Å²) in [6.07, 6.45) is -3.45. The number of H-pyrrole nitrogens is 3. The van der Waals surface area contributed by atoms with Crippen molar-refractivity contribution in [2.75, 3.05) is 0 Å². The van der Waals surface area contributed by atoms with Crippen molar-refractivity contribution < 1.29 is 66.2 Å². The van der Waals surface area contributed by atoms with Gasteiger partial charge in [0, 0.05) is 22.3 Å². The molecule has 3 aromatic heterocycles. The van der Waals surface area contributed by atoms with Gasteiger partial charge in [-0.15, -0.1) is 13.2 Å². The number of aromatic hydroxyl groups is 1. The van der Waals surface area contributed by atoms with Gasteiger partial charge in [-0.1, -0.05) is 133 Å². The number of hydrogen-bond acceptors (Lipinski definition) is 9. The van der Waals surface area contributed by atoms with Gasteiger partial charge in [-0.2, -0.15) is 26.3 Å². The molecule has 8 N–H and O–H groups in total. The number of nitrogens with one attached hydrogen (secondary N) is 3. The Labute approximate surface area is 522 Å². The fourth-order valence-electron chi connectivity index (χ4n) is 9.37. The molecule has 0 saturated heterocycles. The van der Waals surface area contributed by atoms with Crippen LogP contribution in [0.3, 0.4) is 0 Å². The number of nitrogens with zero attached hydrogens (tertiary/aromatic N) is 3. The van der Waals surface area contributed by atoms with Crippen LogP contribution >= 0.6 is 11.6 Å². The number of primary sulfonamides is 2. The Morgan fingerprint density at radius 2 is 0.793 bits per heavy atom. The van der Waals surface area contributed by atoms with Crippen LogP contribution in [0.25, 0.3) is 103 Å². The molecular formula is C66H46ClF9N8O6S2. The van der Waals surface area contributed by atoms with Crippen LogP contribution in [0.15, 0.2) is 204 Å². The number of ether oxygens (including phenoxy) is 1. The van der Waals surface area contributed by atoms with Crippen molar-refractivity contribution in [2.45, 2.75) is 28.5 Å². The Kier molecular flexibility index (Phi) is 18.5. The van der Waals surface area contributed by atoms with Gasteiger partial charge in [0.1, 0.15) is 29.0 Å². The van der Waals surface area contributed by atoms with Crippen LogP contribution in [0.4, 0.5) is 39.5 Å². The lowest BCUT2D eigenvalue weighted by Crippen LogP contribution is -2.16. The predicted octanol–water partition coefficient (Wildman–Crippen LogP) is 16.8. The highest BCUT2D eigenvalue weighted by Gasteiger charge is 2.32. The second kappa shape index (κ2) is 26.3. The van der Waals surface area contributed by atoms with E-state index in [1.165, 1.54) is 60.7 Å². The summed E-state index contributed by atoms with van der Waals surface area (Å²) < 4.78 is 164. The maximum atomic E-state index is 12.7. The minimum Gasteiger partial charge on any atom is -0.507 e. The average molecular weight is 1320 g/mol. The van der Waals surface area contributed by atoms with Gasteiger partial charge in [0.15, 0.2) is 0 Å². The fraction of sp³-hybridized carbons (Fsp3) is 0.0455. The Morgan fingerprint density at radius 1 is 0.424 bits per heavy atom. The molecule has 0 atom stereocenters. The zero-order valence-corrected chi connectivity index (χ0v) is 49.4. The number of imidazole rings is 3. The molecular weight excluding hydrogens is 1270 g/mol. The number of hydrogen-bond donors (Lipinski definition) is 6. The predicted molar refractivity (Wildman–Crippen MR) is 337 cm³/mol. The highest BCUT2D eigenvalue weighted by atomic mass is 35.5. The highest BCUT2D eigenvalue weighted by Crippen LogP contribution is 2.38. The number of alkyl halides is 9. The molecule has 0 fully saturated rings. The molecule has 0 bridgehead atoms. The molecule has 12 rings (SSSR count). The summed E-state index contributed by atoms with van der Waals surface area (Å²) in [6, 6.07) is 48.9. The first-order valence-corrected chi connectivity index (χ1v) is 30.4. The van der Waals surface area contributed by atoms with Crippen molar-refractivity contribution in [3.8, 4) is 44.9 Å². The summed E-state index contributed by atoms with van der Waals surface area (Å²) in [5.74, 6) is 1.38. The largest absolute Gasteiger partial charge is 0.573 e. The molecule has 12 aromatic rings. The maximum Gasteiger partial charge on any atom is 0.573 e. The quantitative estimate of drug-likeness (QED) is 0.0637. The van der Waals surface area contributed by atoms with E-state index in [0.717, 1.165) is 24.3 Å². The summed E-state index contributed by atoms with van der Waals surface area (Å²) in [4.78, 5) is 22.7. The minimum absolute atomic E-state index is 0.0243. The third-order valence-corrected chi connectivity index (χ3v) is 15.9. The number of nitrogens with two attached hydrogens (primary N) is 2. The Bertz CT molecular complexity index is 5010. The van der Waals surface area contributed by atoms with E-state index in [9.17, 15) is 61.5 Å². The monoisotopic (exact) mass is 1320 g/mol. The average Bonchev–Trinajstić information content (AvgIpc) is 1.50. The number of halogens is 10. The standard InChI is InChI=1S/C22H14ClF3N2O.C22H16F3N3O3S.C22H16F3N3O2S/c23-17-12-19-18(11-16(17)15-3-1-2-4-20(15)29)27-21(28-19)10-7-13-5-8-14(9-6-13)22(24,25)26;23-22(24,25)31-16-9-5-14(6-10-16)7-12-21-27-18-11-8-15(13-19(18)28-21)17-3-1-2-4-20(17)32(26,29)30;23-22(24,25)16-9-5-14(6-10-16)7-12-21-27-18-11-8-15(13-19(18)28-21)17-3-1-2-4-20(17)31(26,29)30/h1-12,29H,(H,27,28);1-13H,(H,27,28)(H2,26,29,30);1-13H,(H,27,28)(H2,26,29,30)/b10-7+;2*12-7+. The topological polar surface area (TPSA) is 236 Å². The van der Waals surface area contributed by atoms with Crippen LogP contribution in [0.5, 0.6) is 11.5 Å². The van der Waals surface area contributed by atoms with Crippen molar-refractivity contribution in [3.05, 3.63) is 244 Å². The number of benzene rings is 9. The third-order valence-electron chi connectivity index (χ3n) is 13.7. The van der Waals surface area contributed by atoms with E-state index < -0.39 is 49.9 Å². The highest BCUT2D eigenvalue weighted by molar-refractivity contribution is 7.89. The molecule has 14 nitrogen and oxygen atoms in total. The number of aromatic nitrogens is 6. The van der Waals surface area contributed by atoms with Crippen LogP contribution < -0.4 is 15.0 Å². The van der Waals surface area contributed by atoms with E-state index in [0.29, 0.717) is 106 Å². The molecule has 0 aliphatic rings. The van der Waals surface area contributed by atoms with Crippen LogP contribution in [-0.4, -0.2) is 58.2 Å². The maximum absolute atomic E-state index is 12.7. The first kappa shape index (κ1) is 64.7. The number of phenolic OH excluding ortho intramolecular Hbond substituents is 1. The fourth-order valence-corrected chi connectivity index (χ4v) is 11.2. The van der Waals surface area contributed by atoms with Crippen LogP contribution in [0, 0.1) is 0 Å². The molecule has 468 valence electrons. The Hall–Kier alpha value is -10.3. The van der Waals surface area contributed by atoms with Gasteiger partial charge < -0.3 is 24.8 Å². The number of rotatable bonds is 12. The molecule has 0 aliphatic heterocycles. The molecule has 92 heavy (non-hydrogen) atoms. The van der Waals surface area contributed by atoms with E-state index in [2.05, 4.69) is 34.6 Å².